The Morgan fingerprint density at radius 3 is 1.98 bits per heavy atom. The van der Waals surface area contributed by atoms with Crippen molar-refractivity contribution in [2.24, 2.45) is 9.98 Å². The van der Waals surface area contributed by atoms with Crippen LogP contribution >= 0.6 is 0 Å². The molecular formula is C51H37N5O. The van der Waals surface area contributed by atoms with Gasteiger partial charge >= 0.3 is 0 Å². The predicted molar refractivity (Wildman–Crippen MR) is 235 cm³/mol. The fraction of sp³-hybridized carbons (Fsp3) is 0.0588. The number of aliphatic imine (C=N–C) groups is 2. The molecule has 0 bridgehead atoms. The van der Waals surface area contributed by atoms with E-state index in [1.165, 1.54) is 0 Å². The Morgan fingerprint density at radius 2 is 1.23 bits per heavy atom. The fourth-order valence-electron chi connectivity index (χ4n) is 7.78. The van der Waals surface area contributed by atoms with Crippen LogP contribution in [-0.4, -0.2) is 26.1 Å². The van der Waals surface area contributed by atoms with Gasteiger partial charge in [-0.15, -0.1) is 0 Å². The van der Waals surface area contributed by atoms with Crippen LogP contribution in [0.5, 0.6) is 0 Å². The zero-order chi connectivity index (χ0) is 38.3. The summed E-state index contributed by atoms with van der Waals surface area (Å²) in [6, 6.07) is 62.4. The Bertz CT molecular complexity index is 3130. The van der Waals surface area contributed by atoms with Gasteiger partial charge in [0.2, 0.25) is 5.71 Å². The van der Waals surface area contributed by atoms with E-state index in [1.807, 2.05) is 79.7 Å². The maximum atomic E-state index is 6.70. The number of hydrogen-bond donors (Lipinski definition) is 0. The molecule has 7 aromatic carbocycles. The molecule has 0 saturated carbocycles. The van der Waals surface area contributed by atoms with Crippen molar-refractivity contribution in [2.75, 3.05) is 0 Å². The second-order valence-electron chi connectivity index (χ2n) is 14.3. The molecule has 0 aliphatic heterocycles. The molecule has 57 heavy (non-hydrogen) atoms. The normalized spacial score (nSPS) is 12.9. The third-order valence-electron chi connectivity index (χ3n) is 10.6. The van der Waals surface area contributed by atoms with Crippen molar-refractivity contribution >= 4 is 55.4 Å². The Kier molecular flexibility index (Phi) is 8.57. The summed E-state index contributed by atoms with van der Waals surface area (Å²) in [4.78, 5) is 20.6. The molecule has 0 aliphatic carbocycles. The minimum atomic E-state index is -0.0990. The molecule has 0 saturated heterocycles. The first-order chi connectivity index (χ1) is 28.1. The molecular weight excluding hydrogens is 699 g/mol. The van der Waals surface area contributed by atoms with Gasteiger partial charge in [0.1, 0.15) is 5.58 Å². The smallest absolute Gasteiger partial charge is 0.231 e. The van der Waals surface area contributed by atoms with E-state index >= 15 is 0 Å². The number of furan rings is 1. The molecule has 272 valence electrons. The molecule has 6 heteroatoms. The molecule has 3 aromatic heterocycles. The van der Waals surface area contributed by atoms with Crippen LogP contribution in [0.2, 0.25) is 0 Å². The standard InChI is InChI=1S/C51H37N5O/c1-33(35-18-7-3-8-19-35)52-50(53-34(2)36-20-9-4-10-21-36)39-26-17-27-40(30-39)56-44-29-16-15-28-41(44)42-31-43-46(32-45(42)56)57-51-47(43)48(37-22-11-5-12-23-37)54-49(55-51)38-24-13-6-14-25-38/h3-33H,1-2H3. The summed E-state index contributed by atoms with van der Waals surface area (Å²) in [5.74, 6) is 1.30. The monoisotopic (exact) mass is 735 g/mol. The maximum absolute atomic E-state index is 6.70. The van der Waals surface area contributed by atoms with Gasteiger partial charge in [0.15, 0.2) is 11.7 Å². The van der Waals surface area contributed by atoms with E-state index in [9.17, 15) is 0 Å². The van der Waals surface area contributed by atoms with E-state index in [-0.39, 0.29) is 6.04 Å². The Hall–Kier alpha value is -7.44. The number of amidine groups is 1. The lowest BCUT2D eigenvalue weighted by molar-refractivity contribution is 0.654. The molecule has 6 nitrogen and oxygen atoms in total. The van der Waals surface area contributed by atoms with Gasteiger partial charge in [-0.25, -0.2) is 9.98 Å². The Morgan fingerprint density at radius 1 is 0.579 bits per heavy atom. The van der Waals surface area contributed by atoms with Gasteiger partial charge in [0.05, 0.1) is 28.2 Å². The summed E-state index contributed by atoms with van der Waals surface area (Å²) in [5.41, 5.74) is 11.2. The molecule has 10 aromatic rings. The summed E-state index contributed by atoms with van der Waals surface area (Å²) in [6.07, 6.45) is 0. The maximum Gasteiger partial charge on any atom is 0.231 e. The van der Waals surface area contributed by atoms with Crippen LogP contribution in [0.3, 0.4) is 0 Å². The first kappa shape index (κ1) is 34.1. The first-order valence-corrected chi connectivity index (χ1v) is 19.2. The largest absolute Gasteiger partial charge is 0.437 e. The summed E-state index contributed by atoms with van der Waals surface area (Å²) in [6.45, 7) is 4.17. The highest BCUT2D eigenvalue weighted by Crippen LogP contribution is 2.41. The third kappa shape index (κ3) is 6.27. The molecule has 0 amide bonds. The topological polar surface area (TPSA) is 68.6 Å². The molecule has 0 fully saturated rings. The van der Waals surface area contributed by atoms with Crippen molar-refractivity contribution in [2.45, 2.75) is 19.9 Å². The highest BCUT2D eigenvalue weighted by Gasteiger charge is 2.22. The van der Waals surface area contributed by atoms with E-state index < -0.39 is 0 Å². The van der Waals surface area contributed by atoms with Crippen LogP contribution in [-0.2, 0) is 0 Å². The number of nitrogens with zero attached hydrogens (tertiary/aromatic N) is 5. The zero-order valence-electron chi connectivity index (χ0n) is 31.5. The van der Waals surface area contributed by atoms with Crippen LogP contribution in [0, 0.1) is 0 Å². The number of fused-ring (bicyclic) bond motifs is 6. The van der Waals surface area contributed by atoms with Gasteiger partial charge in [-0.3, -0.25) is 4.99 Å². The fourth-order valence-corrected chi connectivity index (χ4v) is 7.78. The number of hydrogen-bond acceptors (Lipinski definition) is 4. The predicted octanol–water partition coefficient (Wildman–Crippen LogP) is 12.8. The molecule has 3 heterocycles. The highest BCUT2D eigenvalue weighted by molar-refractivity contribution is 6.19. The van der Waals surface area contributed by atoms with Crippen molar-refractivity contribution < 1.29 is 4.42 Å². The van der Waals surface area contributed by atoms with E-state index in [1.54, 1.807) is 0 Å². The van der Waals surface area contributed by atoms with Crippen molar-refractivity contribution in [1.29, 1.82) is 0 Å². The lowest BCUT2D eigenvalue weighted by Crippen LogP contribution is -2.07. The van der Waals surface area contributed by atoms with Gasteiger partial charge in [-0.2, -0.15) is 4.98 Å². The number of rotatable bonds is 7. The average Bonchev–Trinajstić information content (AvgIpc) is 3.80. The quantitative estimate of drug-likeness (QED) is 0.121. The number of aromatic nitrogens is 3. The molecule has 0 N–H and O–H groups in total. The molecule has 1 atom stereocenters. The average molecular weight is 736 g/mol. The minimum Gasteiger partial charge on any atom is -0.437 e. The lowest BCUT2D eigenvalue weighted by Gasteiger charge is -2.13. The first-order valence-electron chi connectivity index (χ1n) is 19.2. The van der Waals surface area contributed by atoms with E-state index in [0.29, 0.717) is 17.4 Å². The van der Waals surface area contributed by atoms with Crippen molar-refractivity contribution in [3.8, 4) is 28.3 Å². The van der Waals surface area contributed by atoms with E-state index in [4.69, 9.17) is 24.4 Å². The van der Waals surface area contributed by atoms with Crippen LogP contribution in [0.15, 0.2) is 196 Å². The SMILES string of the molecule is CC(=NC(=NC(C)c1ccccc1)c1cccc(-n2c3ccccc3c3cc4c(cc32)oc2nc(-c3ccccc3)nc(-c3ccccc3)c24)c1)c1ccccc1. The highest BCUT2D eigenvalue weighted by atomic mass is 16.3. The van der Waals surface area contributed by atoms with Gasteiger partial charge in [0.25, 0.3) is 0 Å². The summed E-state index contributed by atoms with van der Waals surface area (Å²) < 4.78 is 9.02. The Labute approximate surface area is 330 Å². The van der Waals surface area contributed by atoms with Crippen LogP contribution in [0.4, 0.5) is 0 Å². The molecule has 0 radical (unpaired) electrons. The van der Waals surface area contributed by atoms with Crippen LogP contribution in [0.1, 0.15) is 36.6 Å². The van der Waals surface area contributed by atoms with Gasteiger partial charge in [-0.05, 0) is 49.2 Å². The summed E-state index contributed by atoms with van der Waals surface area (Å²) in [5, 5.41) is 4.13. The number of para-hydroxylation sites is 1. The molecule has 10 rings (SSSR count). The lowest BCUT2D eigenvalue weighted by atomic mass is 10.0. The molecule has 1 unspecified atom stereocenters. The minimum absolute atomic E-state index is 0.0990. The van der Waals surface area contributed by atoms with Crippen LogP contribution in [0.25, 0.3) is 72.2 Å². The van der Waals surface area contributed by atoms with Crippen molar-refractivity contribution in [1.82, 2.24) is 14.5 Å². The van der Waals surface area contributed by atoms with Gasteiger partial charge in [0, 0.05) is 50.3 Å². The number of benzene rings is 7. The van der Waals surface area contributed by atoms with E-state index in [0.717, 1.165) is 83.1 Å². The zero-order valence-corrected chi connectivity index (χ0v) is 31.5. The second-order valence-corrected chi connectivity index (χ2v) is 14.3. The summed E-state index contributed by atoms with van der Waals surface area (Å²) in [7, 11) is 0. The van der Waals surface area contributed by atoms with Crippen molar-refractivity contribution in [3.63, 3.8) is 0 Å². The Balaban J connectivity index is 1.18. The molecule has 0 aliphatic rings. The van der Waals surface area contributed by atoms with Gasteiger partial charge < -0.3 is 8.98 Å². The van der Waals surface area contributed by atoms with Crippen LogP contribution < -0.4 is 0 Å². The third-order valence-corrected chi connectivity index (χ3v) is 10.6. The van der Waals surface area contributed by atoms with Gasteiger partial charge in [-0.1, -0.05) is 152 Å². The summed E-state index contributed by atoms with van der Waals surface area (Å²) >= 11 is 0. The second kappa shape index (κ2) is 14.3. The van der Waals surface area contributed by atoms with E-state index in [2.05, 4.69) is 121 Å². The van der Waals surface area contributed by atoms with Crippen molar-refractivity contribution in [3.05, 3.63) is 199 Å². The molecule has 0 spiro atoms.